The van der Waals surface area contributed by atoms with Crippen LogP contribution in [0.25, 0.3) is 0 Å². The van der Waals surface area contributed by atoms with E-state index in [1.807, 2.05) is 0 Å². The monoisotopic (exact) mass is 251 g/mol. The number of hydrogen-bond acceptors (Lipinski definition) is 3. The normalized spacial score (nSPS) is 23.1. The minimum absolute atomic E-state index is 0.151. The van der Waals surface area contributed by atoms with E-state index in [1.165, 1.54) is 13.0 Å². The molecule has 0 saturated heterocycles. The largest absolute Gasteiger partial charge is 0.382 e. The summed E-state index contributed by atoms with van der Waals surface area (Å²) in [6.45, 7) is 1.39. The van der Waals surface area contributed by atoms with Crippen molar-refractivity contribution in [2.75, 3.05) is 12.4 Å². The SMILES string of the molecule is COC1CCC(Nc2cccc(F)c2C(C)=O)C1. The van der Waals surface area contributed by atoms with E-state index in [2.05, 4.69) is 5.32 Å². The number of ether oxygens (including phenoxy) is 1. The van der Waals surface area contributed by atoms with Gasteiger partial charge >= 0.3 is 0 Å². The highest BCUT2D eigenvalue weighted by atomic mass is 19.1. The van der Waals surface area contributed by atoms with Crippen molar-refractivity contribution in [1.82, 2.24) is 0 Å². The maximum atomic E-state index is 13.6. The molecule has 98 valence electrons. The van der Waals surface area contributed by atoms with Gasteiger partial charge in [-0.15, -0.1) is 0 Å². The summed E-state index contributed by atoms with van der Waals surface area (Å²) < 4.78 is 18.9. The molecule has 1 aliphatic carbocycles. The topological polar surface area (TPSA) is 38.3 Å². The van der Waals surface area contributed by atoms with Crippen LogP contribution >= 0.6 is 0 Å². The first-order valence-electron chi connectivity index (χ1n) is 6.20. The molecule has 0 bridgehead atoms. The lowest BCUT2D eigenvalue weighted by Gasteiger charge is -2.17. The van der Waals surface area contributed by atoms with Crippen LogP contribution in [0.3, 0.4) is 0 Å². The van der Waals surface area contributed by atoms with Gasteiger partial charge < -0.3 is 10.1 Å². The molecule has 0 aliphatic heterocycles. The summed E-state index contributed by atoms with van der Waals surface area (Å²) in [5.74, 6) is -0.717. The number of carbonyl (C=O) groups excluding carboxylic acids is 1. The summed E-state index contributed by atoms with van der Waals surface area (Å²) in [5.41, 5.74) is 0.739. The second-order valence-electron chi connectivity index (χ2n) is 4.73. The fraction of sp³-hybridized carbons (Fsp3) is 0.500. The van der Waals surface area contributed by atoms with E-state index >= 15 is 0 Å². The van der Waals surface area contributed by atoms with Crippen LogP contribution in [0, 0.1) is 5.82 Å². The highest BCUT2D eigenvalue weighted by Gasteiger charge is 2.25. The van der Waals surface area contributed by atoms with Gasteiger partial charge in [0.05, 0.1) is 11.7 Å². The van der Waals surface area contributed by atoms with Gasteiger partial charge in [-0.1, -0.05) is 6.07 Å². The van der Waals surface area contributed by atoms with Crippen LogP contribution in [-0.2, 0) is 4.74 Å². The number of methoxy groups -OCH3 is 1. The van der Waals surface area contributed by atoms with Crippen LogP contribution in [0.4, 0.5) is 10.1 Å². The molecule has 2 atom stereocenters. The Kier molecular flexibility index (Phi) is 3.97. The second-order valence-corrected chi connectivity index (χ2v) is 4.73. The van der Waals surface area contributed by atoms with Crippen LogP contribution in [0.5, 0.6) is 0 Å². The zero-order valence-corrected chi connectivity index (χ0v) is 10.7. The van der Waals surface area contributed by atoms with E-state index in [9.17, 15) is 9.18 Å². The summed E-state index contributed by atoms with van der Waals surface area (Å²) in [6, 6.07) is 4.93. The molecule has 1 aromatic carbocycles. The molecule has 0 spiro atoms. The van der Waals surface area contributed by atoms with Crippen molar-refractivity contribution in [2.45, 2.75) is 38.3 Å². The number of rotatable bonds is 4. The fourth-order valence-electron chi connectivity index (χ4n) is 2.51. The lowest BCUT2D eigenvalue weighted by atomic mass is 10.1. The van der Waals surface area contributed by atoms with Gasteiger partial charge in [0.1, 0.15) is 5.82 Å². The van der Waals surface area contributed by atoms with Gasteiger partial charge in [-0.3, -0.25) is 4.79 Å². The molecule has 0 heterocycles. The third-order valence-corrected chi connectivity index (χ3v) is 3.44. The number of nitrogens with one attached hydrogen (secondary N) is 1. The second kappa shape index (κ2) is 5.48. The van der Waals surface area contributed by atoms with E-state index in [1.54, 1.807) is 19.2 Å². The molecular formula is C14H18FNO2. The standard InChI is InChI=1S/C14H18FNO2/c1-9(17)14-12(15)4-3-5-13(14)16-10-6-7-11(8-10)18-2/h3-5,10-11,16H,6-8H2,1-2H3. The van der Waals surface area contributed by atoms with E-state index in [0.29, 0.717) is 5.69 Å². The van der Waals surface area contributed by atoms with Gasteiger partial charge in [0.25, 0.3) is 0 Å². The highest BCUT2D eigenvalue weighted by Crippen LogP contribution is 2.27. The summed E-state index contributed by atoms with van der Waals surface area (Å²) in [4.78, 5) is 11.5. The first-order valence-corrected chi connectivity index (χ1v) is 6.20. The zero-order valence-electron chi connectivity index (χ0n) is 10.7. The molecule has 2 unspecified atom stereocenters. The fourth-order valence-corrected chi connectivity index (χ4v) is 2.51. The number of carbonyl (C=O) groups is 1. The maximum absolute atomic E-state index is 13.6. The molecule has 0 aromatic heterocycles. The van der Waals surface area contributed by atoms with E-state index < -0.39 is 5.82 Å². The lowest BCUT2D eigenvalue weighted by Crippen LogP contribution is -2.19. The van der Waals surface area contributed by atoms with Crippen molar-refractivity contribution >= 4 is 11.5 Å². The molecule has 0 amide bonds. The Balaban J connectivity index is 2.15. The van der Waals surface area contributed by atoms with Crippen LogP contribution < -0.4 is 5.32 Å². The zero-order chi connectivity index (χ0) is 13.1. The third-order valence-electron chi connectivity index (χ3n) is 3.44. The predicted octanol–water partition coefficient (Wildman–Crippen LogP) is 3.01. The van der Waals surface area contributed by atoms with E-state index in [4.69, 9.17) is 4.74 Å². The van der Waals surface area contributed by atoms with Crippen molar-refractivity contribution in [1.29, 1.82) is 0 Å². The average Bonchev–Trinajstić information content (AvgIpc) is 2.76. The Hall–Kier alpha value is -1.42. The number of hydrogen-bond donors (Lipinski definition) is 1. The van der Waals surface area contributed by atoms with Gasteiger partial charge in [-0.25, -0.2) is 4.39 Å². The molecule has 0 radical (unpaired) electrons. The van der Waals surface area contributed by atoms with Crippen molar-refractivity contribution < 1.29 is 13.9 Å². The quantitative estimate of drug-likeness (QED) is 0.836. The first-order chi connectivity index (χ1) is 8.61. The minimum Gasteiger partial charge on any atom is -0.382 e. The van der Waals surface area contributed by atoms with Crippen molar-refractivity contribution in [2.24, 2.45) is 0 Å². The van der Waals surface area contributed by atoms with Gasteiger partial charge in [0, 0.05) is 18.8 Å². The molecule has 3 nitrogen and oxygen atoms in total. The Labute approximate surface area is 106 Å². The Bertz CT molecular complexity index is 447. The number of Topliss-reactive ketones (excluding diaryl/α,β-unsaturated/α-hetero) is 1. The number of ketones is 1. The average molecular weight is 251 g/mol. The molecular weight excluding hydrogens is 233 g/mol. The molecule has 1 N–H and O–H groups in total. The highest BCUT2D eigenvalue weighted by molar-refractivity contribution is 5.99. The summed E-state index contributed by atoms with van der Waals surface area (Å²) in [5, 5.41) is 3.26. The first kappa shape index (κ1) is 13.0. The Morgan fingerprint density at radius 3 is 2.83 bits per heavy atom. The smallest absolute Gasteiger partial charge is 0.164 e. The number of anilines is 1. The van der Waals surface area contributed by atoms with Crippen LogP contribution in [-0.4, -0.2) is 25.0 Å². The molecule has 1 fully saturated rings. The van der Waals surface area contributed by atoms with Crippen LogP contribution in [0.15, 0.2) is 18.2 Å². The van der Waals surface area contributed by atoms with Crippen molar-refractivity contribution in [3.8, 4) is 0 Å². The lowest BCUT2D eigenvalue weighted by molar-refractivity contribution is 0.101. The molecule has 2 rings (SSSR count). The molecule has 1 aliphatic rings. The molecule has 1 aromatic rings. The summed E-state index contributed by atoms with van der Waals surface area (Å²) in [7, 11) is 1.70. The predicted molar refractivity (Wildman–Crippen MR) is 68.5 cm³/mol. The van der Waals surface area contributed by atoms with Gasteiger partial charge in [0.15, 0.2) is 5.78 Å². The van der Waals surface area contributed by atoms with Gasteiger partial charge in [0.2, 0.25) is 0 Å². The molecule has 4 heteroatoms. The van der Waals surface area contributed by atoms with E-state index in [0.717, 1.165) is 19.3 Å². The van der Waals surface area contributed by atoms with Gasteiger partial charge in [-0.05, 0) is 38.3 Å². The van der Waals surface area contributed by atoms with Crippen LogP contribution in [0.1, 0.15) is 36.5 Å². The number of halogens is 1. The van der Waals surface area contributed by atoms with E-state index in [-0.39, 0.29) is 23.5 Å². The third kappa shape index (κ3) is 2.70. The van der Waals surface area contributed by atoms with Crippen molar-refractivity contribution in [3.63, 3.8) is 0 Å². The minimum atomic E-state index is -0.464. The summed E-state index contributed by atoms with van der Waals surface area (Å²) in [6.07, 6.45) is 3.13. The maximum Gasteiger partial charge on any atom is 0.164 e. The molecule has 1 saturated carbocycles. The van der Waals surface area contributed by atoms with Crippen molar-refractivity contribution in [3.05, 3.63) is 29.6 Å². The molecule has 18 heavy (non-hydrogen) atoms. The Morgan fingerprint density at radius 2 is 2.22 bits per heavy atom. The van der Waals surface area contributed by atoms with Crippen LogP contribution in [0.2, 0.25) is 0 Å². The number of benzene rings is 1. The van der Waals surface area contributed by atoms with Gasteiger partial charge in [-0.2, -0.15) is 0 Å². The Morgan fingerprint density at radius 1 is 1.44 bits per heavy atom. The summed E-state index contributed by atoms with van der Waals surface area (Å²) >= 11 is 0.